The van der Waals surface area contributed by atoms with Gasteiger partial charge in [0.05, 0.1) is 5.69 Å². The highest BCUT2D eigenvalue weighted by Gasteiger charge is 2.07. The highest BCUT2D eigenvalue weighted by molar-refractivity contribution is 6.35. The molecule has 0 aliphatic heterocycles. The van der Waals surface area contributed by atoms with Crippen LogP contribution in [-0.4, -0.2) is 17.2 Å². The van der Waals surface area contributed by atoms with Gasteiger partial charge in [0.1, 0.15) is 5.75 Å². The summed E-state index contributed by atoms with van der Waals surface area (Å²) in [6.45, 7) is 0.678. The fraction of sp³-hybridized carbons (Fsp3) is 0.125. The Labute approximate surface area is 127 Å². The van der Waals surface area contributed by atoms with Crippen molar-refractivity contribution in [2.45, 2.75) is 6.54 Å². The molecular weight excluding hydrogens is 286 g/mol. The lowest BCUT2D eigenvalue weighted by Crippen LogP contribution is -2.07. The van der Waals surface area contributed by atoms with Crippen molar-refractivity contribution in [2.75, 3.05) is 7.05 Å². The molecular formula is C16H14ClN3O. The maximum atomic E-state index is 6.20. The monoisotopic (exact) mass is 299 g/mol. The Bertz CT molecular complexity index is 759. The third-order valence-corrected chi connectivity index (χ3v) is 3.43. The highest BCUT2D eigenvalue weighted by atomic mass is 35.5. The number of ether oxygens (including phenoxy) is 1. The zero-order chi connectivity index (χ0) is 14.7. The molecule has 0 spiro atoms. The third-order valence-electron chi connectivity index (χ3n) is 3.10. The Kier molecular flexibility index (Phi) is 3.99. The first-order chi connectivity index (χ1) is 10.3. The first-order valence-corrected chi connectivity index (χ1v) is 6.98. The number of benzene rings is 2. The average Bonchev–Trinajstić information content (AvgIpc) is 2.52. The number of halogens is 1. The van der Waals surface area contributed by atoms with Gasteiger partial charge < -0.3 is 10.1 Å². The van der Waals surface area contributed by atoms with E-state index >= 15 is 0 Å². The summed E-state index contributed by atoms with van der Waals surface area (Å²) in [5, 5.41) is 13.8. The van der Waals surface area contributed by atoms with Crippen molar-refractivity contribution < 1.29 is 4.74 Å². The number of nitrogens with one attached hydrogen (secondary N) is 1. The summed E-state index contributed by atoms with van der Waals surface area (Å²) in [6, 6.07) is 15.2. The molecule has 0 fully saturated rings. The zero-order valence-corrected chi connectivity index (χ0v) is 12.3. The van der Waals surface area contributed by atoms with Crippen LogP contribution < -0.4 is 10.1 Å². The average molecular weight is 300 g/mol. The van der Waals surface area contributed by atoms with Crippen LogP contribution in [0.5, 0.6) is 11.6 Å². The molecule has 1 heterocycles. The van der Waals surface area contributed by atoms with Crippen molar-refractivity contribution in [1.82, 2.24) is 15.5 Å². The predicted molar refractivity (Wildman–Crippen MR) is 83.8 cm³/mol. The maximum Gasteiger partial charge on any atom is 0.238 e. The Balaban J connectivity index is 1.93. The second-order valence-electron chi connectivity index (χ2n) is 4.59. The van der Waals surface area contributed by atoms with Gasteiger partial charge in [-0.2, -0.15) is 5.10 Å². The molecule has 0 amide bonds. The van der Waals surface area contributed by atoms with Crippen molar-refractivity contribution >= 4 is 22.4 Å². The molecule has 4 nitrogen and oxygen atoms in total. The molecule has 0 atom stereocenters. The normalized spacial score (nSPS) is 10.8. The van der Waals surface area contributed by atoms with E-state index in [1.54, 1.807) is 0 Å². The molecule has 106 valence electrons. The number of rotatable bonds is 4. The fourth-order valence-corrected chi connectivity index (χ4v) is 2.34. The second kappa shape index (κ2) is 6.08. The lowest BCUT2D eigenvalue weighted by atomic mass is 10.1. The fourth-order valence-electron chi connectivity index (χ4n) is 2.11. The highest BCUT2D eigenvalue weighted by Crippen LogP contribution is 2.33. The summed E-state index contributed by atoms with van der Waals surface area (Å²) in [4.78, 5) is 0. The van der Waals surface area contributed by atoms with Crippen LogP contribution in [0.25, 0.3) is 10.8 Å². The van der Waals surface area contributed by atoms with Crippen molar-refractivity contribution in [1.29, 1.82) is 0 Å². The van der Waals surface area contributed by atoms with Gasteiger partial charge in [0.15, 0.2) is 0 Å². The minimum absolute atomic E-state index is 0.460. The number of aromatic nitrogens is 2. The SMILES string of the molecule is CNCc1ccc(Oc2ccc(Cl)c3ccccc23)nn1. The molecule has 0 unspecified atom stereocenters. The topological polar surface area (TPSA) is 47.0 Å². The molecule has 3 aromatic rings. The summed E-state index contributed by atoms with van der Waals surface area (Å²) in [6.07, 6.45) is 0. The third kappa shape index (κ3) is 2.96. The van der Waals surface area contributed by atoms with Gasteiger partial charge in [-0.05, 0) is 25.2 Å². The number of hydrogen-bond donors (Lipinski definition) is 1. The molecule has 2 aromatic carbocycles. The smallest absolute Gasteiger partial charge is 0.238 e. The minimum Gasteiger partial charge on any atom is -0.437 e. The molecule has 0 aliphatic carbocycles. The summed E-state index contributed by atoms with van der Waals surface area (Å²) in [5.74, 6) is 1.17. The second-order valence-corrected chi connectivity index (χ2v) is 4.99. The first-order valence-electron chi connectivity index (χ1n) is 6.60. The van der Waals surface area contributed by atoms with E-state index in [1.165, 1.54) is 0 Å². The van der Waals surface area contributed by atoms with Crippen molar-refractivity contribution in [2.24, 2.45) is 0 Å². The van der Waals surface area contributed by atoms with E-state index < -0.39 is 0 Å². The predicted octanol–water partition coefficient (Wildman–Crippen LogP) is 3.79. The van der Waals surface area contributed by atoms with Gasteiger partial charge in [0.2, 0.25) is 5.88 Å². The van der Waals surface area contributed by atoms with Crippen molar-refractivity contribution in [3.63, 3.8) is 0 Å². The van der Waals surface area contributed by atoms with Gasteiger partial charge in [-0.15, -0.1) is 5.10 Å². The summed E-state index contributed by atoms with van der Waals surface area (Å²) in [7, 11) is 1.87. The number of nitrogens with zero attached hydrogens (tertiary/aromatic N) is 2. The Hall–Kier alpha value is -2.17. The first kappa shape index (κ1) is 13.8. The van der Waals surface area contributed by atoms with Crippen LogP contribution >= 0.6 is 11.6 Å². The van der Waals surface area contributed by atoms with Gasteiger partial charge in [-0.25, -0.2) is 0 Å². The van der Waals surface area contributed by atoms with Crippen molar-refractivity contribution in [3.05, 3.63) is 59.2 Å². The Morgan fingerprint density at radius 2 is 1.81 bits per heavy atom. The van der Waals surface area contributed by atoms with Gasteiger partial charge in [-0.1, -0.05) is 35.9 Å². The van der Waals surface area contributed by atoms with Crippen molar-refractivity contribution in [3.8, 4) is 11.6 Å². The number of hydrogen-bond acceptors (Lipinski definition) is 4. The van der Waals surface area contributed by atoms with Crippen LogP contribution in [0, 0.1) is 0 Å². The van der Waals surface area contributed by atoms with E-state index in [0.29, 0.717) is 23.2 Å². The summed E-state index contributed by atoms with van der Waals surface area (Å²) < 4.78 is 5.83. The lowest BCUT2D eigenvalue weighted by Gasteiger charge is -2.09. The zero-order valence-electron chi connectivity index (χ0n) is 11.5. The molecule has 3 rings (SSSR count). The van der Waals surface area contributed by atoms with Crippen LogP contribution in [-0.2, 0) is 6.54 Å². The van der Waals surface area contributed by atoms with Crippen LogP contribution in [0.4, 0.5) is 0 Å². The molecule has 0 saturated heterocycles. The molecule has 1 aromatic heterocycles. The van der Waals surface area contributed by atoms with Gasteiger partial charge in [0, 0.05) is 28.4 Å². The quantitative estimate of drug-likeness (QED) is 0.796. The molecule has 0 bridgehead atoms. The van der Waals surface area contributed by atoms with Gasteiger partial charge in [0.25, 0.3) is 0 Å². The van der Waals surface area contributed by atoms with E-state index in [1.807, 2.05) is 55.6 Å². The summed E-state index contributed by atoms with van der Waals surface area (Å²) in [5.41, 5.74) is 0.866. The van der Waals surface area contributed by atoms with Crippen LogP contribution in [0.2, 0.25) is 5.02 Å². The van der Waals surface area contributed by atoms with Gasteiger partial charge >= 0.3 is 0 Å². The Morgan fingerprint density at radius 3 is 2.52 bits per heavy atom. The van der Waals surface area contributed by atoms with E-state index in [0.717, 1.165) is 16.5 Å². The molecule has 5 heteroatoms. The Morgan fingerprint density at radius 1 is 1.00 bits per heavy atom. The van der Waals surface area contributed by atoms with E-state index in [4.69, 9.17) is 16.3 Å². The van der Waals surface area contributed by atoms with Gasteiger partial charge in [-0.3, -0.25) is 0 Å². The molecule has 0 saturated carbocycles. The van der Waals surface area contributed by atoms with E-state index in [-0.39, 0.29) is 0 Å². The molecule has 21 heavy (non-hydrogen) atoms. The van der Waals surface area contributed by atoms with E-state index in [2.05, 4.69) is 15.5 Å². The number of fused-ring (bicyclic) bond motifs is 1. The molecule has 1 N–H and O–H groups in total. The standard InChI is InChI=1S/C16H14ClN3O/c1-18-10-11-6-9-16(20-19-11)21-15-8-7-14(17)12-4-2-3-5-13(12)15/h2-9,18H,10H2,1H3. The minimum atomic E-state index is 0.460. The van der Waals surface area contributed by atoms with E-state index in [9.17, 15) is 0 Å². The van der Waals surface area contributed by atoms with Crippen LogP contribution in [0.15, 0.2) is 48.5 Å². The summed E-state index contributed by atoms with van der Waals surface area (Å²) >= 11 is 6.20. The lowest BCUT2D eigenvalue weighted by molar-refractivity contribution is 0.458. The van der Waals surface area contributed by atoms with Crippen LogP contribution in [0.1, 0.15) is 5.69 Å². The largest absolute Gasteiger partial charge is 0.437 e. The van der Waals surface area contributed by atoms with Crippen LogP contribution in [0.3, 0.4) is 0 Å². The maximum absolute atomic E-state index is 6.20. The molecule has 0 aliphatic rings. The molecule has 0 radical (unpaired) electrons.